The summed E-state index contributed by atoms with van der Waals surface area (Å²) in [6, 6.07) is 8.96. The standard InChI is InChI=1S/C22H18Cl2N4O3S/c1-29-20-5-16-19(25-11-26-22(16)27-13-2-3-17(23)18(24)4-13)6-21(20)31-9-15-7-28-12-32-10-14(28)8-30-15/h2-8,11H,9-10,12H2,1H3,(H,25,26,27). The lowest BCUT2D eigenvalue weighted by Crippen LogP contribution is -2.18. The number of rotatable bonds is 6. The Hall–Kier alpha value is -2.81. The van der Waals surface area contributed by atoms with Crippen LogP contribution in [0.1, 0.15) is 0 Å². The van der Waals surface area contributed by atoms with Crippen molar-refractivity contribution in [2.45, 2.75) is 0 Å². The van der Waals surface area contributed by atoms with Crippen molar-refractivity contribution in [1.82, 2.24) is 14.9 Å². The van der Waals surface area contributed by atoms with Gasteiger partial charge in [0.1, 0.15) is 25.0 Å². The zero-order valence-electron chi connectivity index (χ0n) is 17.0. The highest BCUT2D eigenvalue weighted by atomic mass is 35.5. The lowest BCUT2D eigenvalue weighted by Gasteiger charge is -2.21. The molecule has 1 N–H and O–H groups in total. The molecule has 0 saturated carbocycles. The van der Waals surface area contributed by atoms with Gasteiger partial charge in [-0.25, -0.2) is 9.97 Å². The zero-order valence-corrected chi connectivity index (χ0v) is 19.3. The van der Waals surface area contributed by atoms with Crippen LogP contribution in [0.2, 0.25) is 10.0 Å². The van der Waals surface area contributed by atoms with Gasteiger partial charge < -0.3 is 24.4 Å². The van der Waals surface area contributed by atoms with Gasteiger partial charge in [0.05, 0.1) is 34.2 Å². The highest BCUT2D eigenvalue weighted by Crippen LogP contribution is 2.36. The SMILES string of the molecule is COc1cc2c(Nc3ccc(Cl)c(Cl)c3)ncnc2cc1OCC1=CN2CSCC2=CO1. The molecule has 2 aliphatic heterocycles. The molecule has 0 bridgehead atoms. The number of fused-ring (bicyclic) bond motifs is 2. The zero-order chi connectivity index (χ0) is 22.1. The molecule has 2 aliphatic rings. The summed E-state index contributed by atoms with van der Waals surface area (Å²) in [6.45, 7) is 0.270. The van der Waals surface area contributed by atoms with Gasteiger partial charge in [-0.15, -0.1) is 11.8 Å². The van der Waals surface area contributed by atoms with Gasteiger partial charge in [0.2, 0.25) is 0 Å². The molecule has 0 aliphatic carbocycles. The van der Waals surface area contributed by atoms with Crippen molar-refractivity contribution in [2.24, 2.45) is 0 Å². The first-order valence-electron chi connectivity index (χ1n) is 9.69. The molecule has 3 heterocycles. The minimum absolute atomic E-state index is 0.270. The fraction of sp³-hybridized carbons (Fsp3) is 0.182. The van der Waals surface area contributed by atoms with Gasteiger partial charge in [-0.05, 0) is 24.3 Å². The van der Waals surface area contributed by atoms with Crippen molar-refractivity contribution in [1.29, 1.82) is 0 Å². The molecule has 0 unspecified atom stereocenters. The molecule has 32 heavy (non-hydrogen) atoms. The summed E-state index contributed by atoms with van der Waals surface area (Å²) in [5, 5.41) is 4.97. The third-order valence-corrected chi connectivity index (χ3v) is 6.67. The molecular formula is C22H18Cl2N4O3S. The molecule has 0 amide bonds. The van der Waals surface area contributed by atoms with Crippen LogP contribution in [0, 0.1) is 0 Å². The van der Waals surface area contributed by atoms with Crippen LogP contribution < -0.4 is 14.8 Å². The topological polar surface area (TPSA) is 68.7 Å². The summed E-state index contributed by atoms with van der Waals surface area (Å²) in [5.41, 5.74) is 2.63. The molecule has 1 aromatic heterocycles. The van der Waals surface area contributed by atoms with Crippen LogP contribution >= 0.6 is 35.0 Å². The molecular weight excluding hydrogens is 471 g/mol. The molecule has 164 valence electrons. The quantitative estimate of drug-likeness (QED) is 0.467. The Morgan fingerprint density at radius 2 is 2.06 bits per heavy atom. The summed E-state index contributed by atoms with van der Waals surface area (Å²) in [4.78, 5) is 10.9. The van der Waals surface area contributed by atoms with Crippen LogP contribution in [0.3, 0.4) is 0 Å². The van der Waals surface area contributed by atoms with E-state index in [9.17, 15) is 0 Å². The molecule has 1 fully saturated rings. The first-order chi connectivity index (χ1) is 15.6. The molecule has 5 rings (SSSR count). The average Bonchev–Trinajstić information content (AvgIpc) is 3.27. The molecule has 3 aromatic rings. The number of halogens is 2. The molecule has 0 radical (unpaired) electrons. The van der Waals surface area contributed by atoms with Gasteiger partial charge in [0.25, 0.3) is 0 Å². The average molecular weight is 489 g/mol. The van der Waals surface area contributed by atoms with Gasteiger partial charge in [-0.1, -0.05) is 23.2 Å². The smallest absolute Gasteiger partial charge is 0.164 e. The first-order valence-corrected chi connectivity index (χ1v) is 11.6. The summed E-state index contributed by atoms with van der Waals surface area (Å²) in [7, 11) is 1.59. The molecule has 0 atom stereocenters. The number of nitrogens with zero attached hydrogens (tertiary/aromatic N) is 3. The predicted molar refractivity (Wildman–Crippen MR) is 128 cm³/mol. The van der Waals surface area contributed by atoms with Crippen molar-refractivity contribution >= 4 is 57.4 Å². The van der Waals surface area contributed by atoms with Crippen molar-refractivity contribution < 1.29 is 14.2 Å². The van der Waals surface area contributed by atoms with Gasteiger partial charge in [-0.3, -0.25) is 0 Å². The minimum Gasteiger partial charge on any atom is -0.493 e. The first kappa shape index (κ1) is 21.1. The Morgan fingerprint density at radius 3 is 2.91 bits per heavy atom. The van der Waals surface area contributed by atoms with Crippen LogP contribution in [-0.2, 0) is 4.74 Å². The van der Waals surface area contributed by atoms with Crippen LogP contribution in [0.4, 0.5) is 11.5 Å². The lowest BCUT2D eigenvalue weighted by atomic mass is 10.2. The Morgan fingerprint density at radius 1 is 1.16 bits per heavy atom. The van der Waals surface area contributed by atoms with E-state index in [0.29, 0.717) is 32.9 Å². The van der Waals surface area contributed by atoms with Crippen LogP contribution in [-0.4, -0.2) is 40.2 Å². The molecule has 7 nitrogen and oxygen atoms in total. The van der Waals surface area contributed by atoms with E-state index in [1.54, 1.807) is 25.5 Å². The second kappa shape index (κ2) is 8.97. The maximum atomic E-state index is 6.13. The largest absolute Gasteiger partial charge is 0.493 e. The number of hydrogen-bond donors (Lipinski definition) is 1. The molecule has 2 aromatic carbocycles. The highest BCUT2D eigenvalue weighted by molar-refractivity contribution is 7.99. The summed E-state index contributed by atoms with van der Waals surface area (Å²) in [6.07, 6.45) is 5.25. The maximum absolute atomic E-state index is 6.13. The Kier molecular flexibility index (Phi) is 5.91. The third kappa shape index (κ3) is 4.26. The fourth-order valence-corrected chi connectivity index (χ4v) is 4.62. The van der Waals surface area contributed by atoms with E-state index < -0.39 is 0 Å². The predicted octanol–water partition coefficient (Wildman–Crippen LogP) is 5.79. The van der Waals surface area contributed by atoms with Gasteiger partial charge in [0, 0.05) is 29.1 Å². The number of methoxy groups -OCH3 is 1. The number of anilines is 2. The van der Waals surface area contributed by atoms with Gasteiger partial charge in [-0.2, -0.15) is 0 Å². The van der Waals surface area contributed by atoms with Crippen LogP contribution in [0.25, 0.3) is 10.9 Å². The van der Waals surface area contributed by atoms with Crippen molar-refractivity contribution in [3.05, 3.63) is 70.6 Å². The Bertz CT molecular complexity index is 1250. The summed E-state index contributed by atoms with van der Waals surface area (Å²) < 4.78 is 17.3. The maximum Gasteiger partial charge on any atom is 0.164 e. The Labute approximate surface area is 199 Å². The fourth-order valence-electron chi connectivity index (χ4n) is 3.35. The van der Waals surface area contributed by atoms with Crippen LogP contribution in [0.15, 0.2) is 60.6 Å². The summed E-state index contributed by atoms with van der Waals surface area (Å²) >= 11 is 14.0. The number of thioether (sulfide) groups is 1. The van der Waals surface area contributed by atoms with E-state index in [-0.39, 0.29) is 6.61 Å². The minimum atomic E-state index is 0.270. The molecule has 0 spiro atoms. The third-order valence-electron chi connectivity index (χ3n) is 4.97. The van der Waals surface area contributed by atoms with E-state index >= 15 is 0 Å². The van der Waals surface area contributed by atoms with E-state index in [2.05, 4.69) is 20.2 Å². The number of ether oxygens (including phenoxy) is 3. The van der Waals surface area contributed by atoms with Crippen molar-refractivity contribution in [3.8, 4) is 11.5 Å². The van der Waals surface area contributed by atoms with E-state index in [1.165, 1.54) is 12.0 Å². The van der Waals surface area contributed by atoms with Gasteiger partial charge in [0.15, 0.2) is 17.3 Å². The molecule has 10 heteroatoms. The van der Waals surface area contributed by atoms with Gasteiger partial charge >= 0.3 is 0 Å². The number of hydrogen-bond acceptors (Lipinski definition) is 8. The lowest BCUT2D eigenvalue weighted by molar-refractivity contribution is 0.221. The van der Waals surface area contributed by atoms with Crippen molar-refractivity contribution in [3.63, 3.8) is 0 Å². The van der Waals surface area contributed by atoms with E-state index in [4.69, 9.17) is 37.4 Å². The molecule has 1 saturated heterocycles. The second-order valence-corrected chi connectivity index (χ2v) is 8.82. The normalized spacial score (nSPS) is 15.0. The van der Waals surface area contributed by atoms with Crippen molar-refractivity contribution in [2.75, 3.05) is 30.7 Å². The second-order valence-electron chi connectivity index (χ2n) is 7.05. The van der Waals surface area contributed by atoms with E-state index in [1.807, 2.05) is 36.2 Å². The summed E-state index contributed by atoms with van der Waals surface area (Å²) in [5.74, 6) is 4.34. The monoisotopic (exact) mass is 488 g/mol. The van der Waals surface area contributed by atoms with E-state index in [0.717, 1.165) is 28.5 Å². The van der Waals surface area contributed by atoms with Crippen LogP contribution in [0.5, 0.6) is 11.5 Å². The highest BCUT2D eigenvalue weighted by Gasteiger charge is 2.21. The number of aromatic nitrogens is 2. The number of nitrogens with one attached hydrogen (secondary N) is 1. The number of benzene rings is 2. The Balaban J connectivity index is 1.39.